The van der Waals surface area contributed by atoms with Crippen LogP contribution in [-0.2, 0) is 0 Å². The van der Waals surface area contributed by atoms with Crippen molar-refractivity contribution in [2.45, 2.75) is 6.92 Å². The van der Waals surface area contributed by atoms with Gasteiger partial charge in [0.2, 0.25) is 0 Å². The lowest BCUT2D eigenvalue weighted by Gasteiger charge is -2.00. The largest absolute Gasteiger partial charge is 0.456 e. The van der Waals surface area contributed by atoms with Crippen molar-refractivity contribution in [2.24, 2.45) is 0 Å². The minimum Gasteiger partial charge on any atom is -0.456 e. The van der Waals surface area contributed by atoms with Crippen LogP contribution in [0.5, 0.6) is 0 Å². The summed E-state index contributed by atoms with van der Waals surface area (Å²) in [5.41, 5.74) is 4.47. The van der Waals surface area contributed by atoms with Gasteiger partial charge in [0.25, 0.3) is 0 Å². The molecule has 4 rings (SSSR count). The van der Waals surface area contributed by atoms with Crippen LogP contribution in [0.4, 0.5) is 0 Å². The second-order valence-corrected chi connectivity index (χ2v) is 4.85. The Bertz CT molecular complexity index is 849. The van der Waals surface area contributed by atoms with Crippen LogP contribution in [0.3, 0.4) is 0 Å². The standard InChI is InChI=1S/C17H13NO/c1-11-10-18-14-7-4-6-13(17(11)14)16-9-12-5-2-3-8-15(12)19-16/h2-10,18H,1H3. The Hall–Kier alpha value is -2.48. The minimum absolute atomic E-state index is 0.925. The molecule has 2 heterocycles. The monoisotopic (exact) mass is 247 g/mol. The van der Waals surface area contributed by atoms with Crippen molar-refractivity contribution in [1.82, 2.24) is 4.98 Å². The molecule has 1 N–H and O–H groups in total. The Labute approximate surface area is 110 Å². The fourth-order valence-electron chi connectivity index (χ4n) is 2.68. The van der Waals surface area contributed by atoms with Crippen molar-refractivity contribution in [3.8, 4) is 11.3 Å². The van der Waals surface area contributed by atoms with Gasteiger partial charge < -0.3 is 9.40 Å². The van der Waals surface area contributed by atoms with Gasteiger partial charge in [-0.1, -0.05) is 30.3 Å². The lowest BCUT2D eigenvalue weighted by atomic mass is 10.0. The molecule has 92 valence electrons. The SMILES string of the molecule is Cc1c[nH]c2cccc(-c3cc4ccccc4o3)c12. The summed E-state index contributed by atoms with van der Waals surface area (Å²) in [5.74, 6) is 0.925. The maximum atomic E-state index is 5.97. The predicted octanol–water partition coefficient (Wildman–Crippen LogP) is 4.89. The number of rotatable bonds is 1. The third kappa shape index (κ3) is 1.50. The fraction of sp³-hybridized carbons (Fsp3) is 0.0588. The zero-order valence-electron chi connectivity index (χ0n) is 10.6. The molecule has 2 aromatic heterocycles. The molecule has 0 radical (unpaired) electrons. The number of aromatic nitrogens is 1. The number of hydrogen-bond acceptors (Lipinski definition) is 1. The van der Waals surface area contributed by atoms with Gasteiger partial charge in [-0.2, -0.15) is 0 Å². The highest BCUT2D eigenvalue weighted by Gasteiger charge is 2.11. The molecule has 0 aliphatic heterocycles. The first-order valence-corrected chi connectivity index (χ1v) is 6.38. The third-order valence-corrected chi connectivity index (χ3v) is 3.59. The molecule has 0 amide bonds. The molecule has 0 atom stereocenters. The van der Waals surface area contributed by atoms with Crippen molar-refractivity contribution in [2.75, 3.05) is 0 Å². The molecule has 0 unspecified atom stereocenters. The number of hydrogen-bond donors (Lipinski definition) is 1. The van der Waals surface area contributed by atoms with Gasteiger partial charge >= 0.3 is 0 Å². The molecule has 19 heavy (non-hydrogen) atoms. The molecule has 0 saturated heterocycles. The zero-order chi connectivity index (χ0) is 12.8. The van der Waals surface area contributed by atoms with Crippen molar-refractivity contribution < 1.29 is 4.42 Å². The van der Waals surface area contributed by atoms with Crippen LogP contribution in [-0.4, -0.2) is 4.98 Å². The van der Waals surface area contributed by atoms with E-state index in [0.29, 0.717) is 0 Å². The van der Waals surface area contributed by atoms with E-state index in [-0.39, 0.29) is 0 Å². The number of para-hydroxylation sites is 1. The summed E-state index contributed by atoms with van der Waals surface area (Å²) in [5, 5.41) is 2.38. The Morgan fingerprint density at radius 3 is 2.79 bits per heavy atom. The van der Waals surface area contributed by atoms with E-state index >= 15 is 0 Å². The molecular weight excluding hydrogens is 234 g/mol. The van der Waals surface area contributed by atoms with Gasteiger partial charge in [0.15, 0.2) is 0 Å². The van der Waals surface area contributed by atoms with Crippen LogP contribution in [0.25, 0.3) is 33.2 Å². The van der Waals surface area contributed by atoms with E-state index in [2.05, 4.69) is 42.2 Å². The summed E-state index contributed by atoms with van der Waals surface area (Å²) in [6.45, 7) is 2.12. The van der Waals surface area contributed by atoms with Gasteiger partial charge in [0.1, 0.15) is 11.3 Å². The summed E-state index contributed by atoms with van der Waals surface area (Å²) in [6, 6.07) is 16.5. The number of fused-ring (bicyclic) bond motifs is 2. The second kappa shape index (κ2) is 3.75. The highest BCUT2D eigenvalue weighted by molar-refractivity contribution is 5.98. The smallest absolute Gasteiger partial charge is 0.136 e. The molecule has 4 aromatic rings. The first kappa shape index (κ1) is 10.4. The quantitative estimate of drug-likeness (QED) is 0.509. The maximum absolute atomic E-state index is 5.97. The number of aromatic amines is 1. The van der Waals surface area contributed by atoms with Gasteiger partial charge in [0, 0.05) is 28.0 Å². The van der Waals surface area contributed by atoms with Crippen molar-refractivity contribution >= 4 is 21.9 Å². The Morgan fingerprint density at radius 1 is 1.00 bits per heavy atom. The van der Waals surface area contributed by atoms with Crippen LogP contribution >= 0.6 is 0 Å². The molecule has 2 heteroatoms. The molecule has 0 aliphatic carbocycles. The minimum atomic E-state index is 0.925. The van der Waals surface area contributed by atoms with Gasteiger partial charge in [-0.05, 0) is 30.7 Å². The van der Waals surface area contributed by atoms with Crippen molar-refractivity contribution in [3.63, 3.8) is 0 Å². The van der Waals surface area contributed by atoms with Crippen LogP contribution in [0.1, 0.15) is 5.56 Å². The van der Waals surface area contributed by atoms with E-state index < -0.39 is 0 Å². The molecule has 2 nitrogen and oxygen atoms in total. The zero-order valence-corrected chi connectivity index (χ0v) is 10.6. The Balaban J connectivity index is 2.06. The van der Waals surface area contributed by atoms with E-state index in [9.17, 15) is 0 Å². The maximum Gasteiger partial charge on any atom is 0.136 e. The average Bonchev–Trinajstić information content (AvgIpc) is 3.03. The van der Waals surface area contributed by atoms with E-state index in [0.717, 1.165) is 27.8 Å². The lowest BCUT2D eigenvalue weighted by molar-refractivity contribution is 0.632. The Kier molecular flexibility index (Phi) is 2.06. The van der Waals surface area contributed by atoms with Gasteiger partial charge in [-0.25, -0.2) is 0 Å². The highest BCUT2D eigenvalue weighted by atomic mass is 16.3. The van der Waals surface area contributed by atoms with E-state index in [1.54, 1.807) is 0 Å². The summed E-state index contributed by atoms with van der Waals surface area (Å²) in [4.78, 5) is 3.29. The number of aryl methyl sites for hydroxylation is 1. The normalized spacial score (nSPS) is 11.4. The van der Waals surface area contributed by atoms with Crippen LogP contribution in [0.15, 0.2) is 59.1 Å². The summed E-state index contributed by atoms with van der Waals surface area (Å²) >= 11 is 0. The van der Waals surface area contributed by atoms with Crippen molar-refractivity contribution in [1.29, 1.82) is 0 Å². The van der Waals surface area contributed by atoms with Gasteiger partial charge in [-0.15, -0.1) is 0 Å². The number of benzene rings is 2. The van der Waals surface area contributed by atoms with E-state index in [1.807, 2.05) is 24.4 Å². The van der Waals surface area contributed by atoms with E-state index in [4.69, 9.17) is 4.42 Å². The fourth-order valence-corrected chi connectivity index (χ4v) is 2.68. The predicted molar refractivity (Wildman–Crippen MR) is 78.2 cm³/mol. The van der Waals surface area contributed by atoms with Gasteiger partial charge in [-0.3, -0.25) is 0 Å². The first-order chi connectivity index (χ1) is 9.33. The molecule has 0 bridgehead atoms. The van der Waals surface area contributed by atoms with Crippen LogP contribution in [0.2, 0.25) is 0 Å². The summed E-state index contributed by atoms with van der Waals surface area (Å²) in [7, 11) is 0. The molecule has 0 saturated carbocycles. The van der Waals surface area contributed by atoms with Crippen LogP contribution in [0, 0.1) is 6.92 Å². The lowest BCUT2D eigenvalue weighted by Crippen LogP contribution is -1.77. The molecule has 0 spiro atoms. The van der Waals surface area contributed by atoms with Crippen molar-refractivity contribution in [3.05, 3.63) is 60.3 Å². The van der Waals surface area contributed by atoms with Gasteiger partial charge in [0.05, 0.1) is 0 Å². The summed E-state index contributed by atoms with van der Waals surface area (Å²) in [6.07, 6.45) is 2.04. The highest BCUT2D eigenvalue weighted by Crippen LogP contribution is 2.34. The average molecular weight is 247 g/mol. The number of nitrogens with one attached hydrogen (secondary N) is 1. The Morgan fingerprint density at radius 2 is 1.89 bits per heavy atom. The molecular formula is C17H13NO. The molecule has 0 aliphatic rings. The van der Waals surface area contributed by atoms with Crippen LogP contribution < -0.4 is 0 Å². The van der Waals surface area contributed by atoms with E-state index in [1.165, 1.54) is 10.9 Å². The second-order valence-electron chi connectivity index (χ2n) is 4.85. The number of H-pyrrole nitrogens is 1. The number of furan rings is 1. The first-order valence-electron chi connectivity index (χ1n) is 6.38. The molecule has 0 fully saturated rings. The topological polar surface area (TPSA) is 28.9 Å². The molecule has 2 aromatic carbocycles. The third-order valence-electron chi connectivity index (χ3n) is 3.59. The summed E-state index contributed by atoms with van der Waals surface area (Å²) < 4.78 is 5.97.